The molecule has 1 rings (SSSR count). The molecule has 0 aromatic heterocycles. The third kappa shape index (κ3) is 1.73. The summed E-state index contributed by atoms with van der Waals surface area (Å²) in [6, 6.07) is 7.76. The van der Waals surface area contributed by atoms with Gasteiger partial charge >= 0.3 is 0 Å². The van der Waals surface area contributed by atoms with Crippen LogP contribution in [0.25, 0.3) is 6.08 Å². The Balaban J connectivity index is 3.04. The third-order valence-corrected chi connectivity index (χ3v) is 1.98. The van der Waals surface area contributed by atoms with Gasteiger partial charge in [-0.3, -0.25) is 4.39 Å². The van der Waals surface area contributed by atoms with E-state index >= 15 is 0 Å². The largest absolute Gasteiger partial charge is 0.250 e. The van der Waals surface area contributed by atoms with Gasteiger partial charge in [0.05, 0.1) is 6.67 Å². The predicted octanol–water partition coefficient (Wildman–Crippen LogP) is 3.40. The van der Waals surface area contributed by atoms with Gasteiger partial charge in [-0.25, -0.2) is 0 Å². The van der Waals surface area contributed by atoms with Gasteiger partial charge in [-0.1, -0.05) is 43.8 Å². The SMILES string of the molecule is C=Cc1ccccc1C(C)CF. The van der Waals surface area contributed by atoms with E-state index in [2.05, 4.69) is 6.58 Å². The lowest BCUT2D eigenvalue weighted by Crippen LogP contribution is -1.97. The van der Waals surface area contributed by atoms with Gasteiger partial charge in [-0.15, -0.1) is 0 Å². The molecule has 0 radical (unpaired) electrons. The zero-order chi connectivity index (χ0) is 8.97. The maximum absolute atomic E-state index is 12.4. The van der Waals surface area contributed by atoms with Crippen molar-refractivity contribution in [3.05, 3.63) is 42.0 Å². The molecule has 0 bridgehead atoms. The fraction of sp³-hybridized carbons (Fsp3) is 0.273. The number of hydrogen-bond donors (Lipinski definition) is 0. The number of halogens is 1. The molecule has 1 aromatic rings. The van der Waals surface area contributed by atoms with E-state index in [0.29, 0.717) is 0 Å². The number of rotatable bonds is 3. The topological polar surface area (TPSA) is 0 Å². The van der Waals surface area contributed by atoms with Crippen LogP contribution in [-0.2, 0) is 0 Å². The highest BCUT2D eigenvalue weighted by molar-refractivity contribution is 5.52. The minimum Gasteiger partial charge on any atom is -0.250 e. The second kappa shape index (κ2) is 4.05. The molecular weight excluding hydrogens is 151 g/mol. The summed E-state index contributed by atoms with van der Waals surface area (Å²) in [7, 11) is 0. The van der Waals surface area contributed by atoms with E-state index in [9.17, 15) is 4.39 Å². The molecule has 0 saturated heterocycles. The number of alkyl halides is 1. The minimum atomic E-state index is -0.315. The Labute approximate surface area is 72.7 Å². The van der Waals surface area contributed by atoms with E-state index in [1.54, 1.807) is 6.08 Å². The molecule has 1 heteroatoms. The average molecular weight is 164 g/mol. The molecular formula is C11H13F. The van der Waals surface area contributed by atoms with Crippen molar-refractivity contribution in [2.24, 2.45) is 0 Å². The molecule has 64 valence electrons. The van der Waals surface area contributed by atoms with Crippen molar-refractivity contribution in [1.82, 2.24) is 0 Å². The molecule has 0 aliphatic heterocycles. The first-order valence-electron chi connectivity index (χ1n) is 4.07. The van der Waals surface area contributed by atoms with Crippen LogP contribution in [0.5, 0.6) is 0 Å². The third-order valence-electron chi connectivity index (χ3n) is 1.98. The maximum Gasteiger partial charge on any atom is 0.0960 e. The Bertz CT molecular complexity index is 265. The molecule has 0 nitrogen and oxygen atoms in total. The van der Waals surface area contributed by atoms with Gasteiger partial charge in [-0.05, 0) is 11.1 Å². The van der Waals surface area contributed by atoms with Gasteiger partial charge in [0.15, 0.2) is 0 Å². The van der Waals surface area contributed by atoms with Crippen LogP contribution in [-0.4, -0.2) is 6.67 Å². The molecule has 0 saturated carbocycles. The second-order valence-electron chi connectivity index (χ2n) is 2.89. The van der Waals surface area contributed by atoms with Crippen molar-refractivity contribution in [2.45, 2.75) is 12.8 Å². The van der Waals surface area contributed by atoms with Crippen molar-refractivity contribution >= 4 is 6.08 Å². The van der Waals surface area contributed by atoms with E-state index in [4.69, 9.17) is 0 Å². The average Bonchev–Trinajstić information content (AvgIpc) is 2.16. The van der Waals surface area contributed by atoms with Gasteiger partial charge in [0.25, 0.3) is 0 Å². The smallest absolute Gasteiger partial charge is 0.0960 e. The molecule has 0 amide bonds. The van der Waals surface area contributed by atoms with Crippen LogP contribution in [0, 0.1) is 0 Å². The Morgan fingerprint density at radius 3 is 2.75 bits per heavy atom. The van der Waals surface area contributed by atoms with Crippen molar-refractivity contribution in [3.63, 3.8) is 0 Å². The van der Waals surface area contributed by atoms with Crippen LogP contribution in [0.4, 0.5) is 4.39 Å². The Hall–Kier alpha value is -1.11. The van der Waals surface area contributed by atoms with Crippen molar-refractivity contribution < 1.29 is 4.39 Å². The molecule has 0 aliphatic carbocycles. The Morgan fingerprint density at radius 2 is 2.17 bits per heavy atom. The summed E-state index contributed by atoms with van der Waals surface area (Å²) >= 11 is 0. The summed E-state index contributed by atoms with van der Waals surface area (Å²) in [4.78, 5) is 0. The molecule has 0 N–H and O–H groups in total. The Kier molecular flexibility index (Phi) is 3.03. The predicted molar refractivity (Wildman–Crippen MR) is 50.9 cm³/mol. The molecule has 0 fully saturated rings. The van der Waals surface area contributed by atoms with E-state index in [0.717, 1.165) is 11.1 Å². The van der Waals surface area contributed by atoms with Crippen LogP contribution in [0.15, 0.2) is 30.8 Å². The lowest BCUT2D eigenvalue weighted by Gasteiger charge is -2.09. The first-order chi connectivity index (χ1) is 5.79. The highest BCUT2D eigenvalue weighted by Crippen LogP contribution is 2.20. The fourth-order valence-electron chi connectivity index (χ4n) is 1.23. The van der Waals surface area contributed by atoms with E-state index < -0.39 is 0 Å². The molecule has 0 aliphatic rings. The van der Waals surface area contributed by atoms with Crippen LogP contribution in [0.2, 0.25) is 0 Å². The summed E-state index contributed by atoms with van der Waals surface area (Å²) in [6.45, 7) is 5.25. The lowest BCUT2D eigenvalue weighted by molar-refractivity contribution is 0.447. The highest BCUT2D eigenvalue weighted by Gasteiger charge is 2.06. The maximum atomic E-state index is 12.4. The van der Waals surface area contributed by atoms with Gasteiger partial charge in [-0.2, -0.15) is 0 Å². The first kappa shape index (κ1) is 8.98. The normalized spacial score (nSPS) is 12.5. The standard InChI is InChI=1S/C11H13F/c1-3-10-6-4-5-7-11(10)9(2)8-12/h3-7,9H,1,8H2,2H3. The second-order valence-corrected chi connectivity index (χ2v) is 2.89. The summed E-state index contributed by atoms with van der Waals surface area (Å²) in [5.74, 6) is -0.0285. The summed E-state index contributed by atoms with van der Waals surface area (Å²) < 4.78 is 12.4. The molecule has 0 spiro atoms. The highest BCUT2D eigenvalue weighted by atomic mass is 19.1. The number of hydrogen-bond acceptors (Lipinski definition) is 0. The van der Waals surface area contributed by atoms with Crippen LogP contribution >= 0.6 is 0 Å². The molecule has 0 heterocycles. The molecule has 12 heavy (non-hydrogen) atoms. The van der Waals surface area contributed by atoms with Crippen LogP contribution in [0.1, 0.15) is 24.0 Å². The summed E-state index contributed by atoms with van der Waals surface area (Å²) in [5, 5.41) is 0. The van der Waals surface area contributed by atoms with E-state index in [-0.39, 0.29) is 12.6 Å². The first-order valence-corrected chi connectivity index (χ1v) is 4.07. The zero-order valence-corrected chi connectivity index (χ0v) is 7.26. The number of benzene rings is 1. The Morgan fingerprint density at radius 1 is 1.50 bits per heavy atom. The van der Waals surface area contributed by atoms with Gasteiger partial charge in [0.1, 0.15) is 0 Å². The molecule has 1 aromatic carbocycles. The fourth-order valence-corrected chi connectivity index (χ4v) is 1.23. The monoisotopic (exact) mass is 164 g/mol. The van der Waals surface area contributed by atoms with Gasteiger partial charge in [0.2, 0.25) is 0 Å². The van der Waals surface area contributed by atoms with Crippen molar-refractivity contribution in [3.8, 4) is 0 Å². The van der Waals surface area contributed by atoms with Crippen molar-refractivity contribution in [2.75, 3.05) is 6.67 Å². The quantitative estimate of drug-likeness (QED) is 0.642. The van der Waals surface area contributed by atoms with E-state index in [1.165, 1.54) is 0 Å². The summed E-state index contributed by atoms with van der Waals surface area (Å²) in [5.41, 5.74) is 2.07. The zero-order valence-electron chi connectivity index (χ0n) is 7.26. The van der Waals surface area contributed by atoms with Gasteiger partial charge in [0, 0.05) is 5.92 Å². The molecule has 1 unspecified atom stereocenters. The summed E-state index contributed by atoms with van der Waals surface area (Å²) in [6.07, 6.45) is 1.77. The molecule has 1 atom stereocenters. The lowest BCUT2D eigenvalue weighted by atomic mass is 9.97. The van der Waals surface area contributed by atoms with Crippen LogP contribution in [0.3, 0.4) is 0 Å². The van der Waals surface area contributed by atoms with E-state index in [1.807, 2.05) is 31.2 Å². The van der Waals surface area contributed by atoms with Gasteiger partial charge < -0.3 is 0 Å². The van der Waals surface area contributed by atoms with Crippen molar-refractivity contribution in [1.29, 1.82) is 0 Å². The van der Waals surface area contributed by atoms with Crippen LogP contribution < -0.4 is 0 Å². The minimum absolute atomic E-state index is 0.0285.